The van der Waals surface area contributed by atoms with Gasteiger partial charge in [0.2, 0.25) is 0 Å². The van der Waals surface area contributed by atoms with Crippen molar-refractivity contribution < 1.29 is 0 Å². The van der Waals surface area contributed by atoms with Gasteiger partial charge in [-0.05, 0) is 36.6 Å². The van der Waals surface area contributed by atoms with Gasteiger partial charge in [0.25, 0.3) is 0 Å². The van der Waals surface area contributed by atoms with Gasteiger partial charge in [-0.1, -0.05) is 35.8 Å². The molecule has 0 heterocycles. The fourth-order valence-electron chi connectivity index (χ4n) is 1.12. The maximum absolute atomic E-state index is 5.68. The highest BCUT2D eigenvalue weighted by Crippen LogP contribution is 2.22. The lowest BCUT2D eigenvalue weighted by Gasteiger charge is -2.23. The molecule has 0 radical (unpaired) electrons. The van der Waals surface area contributed by atoms with E-state index in [0.717, 1.165) is 16.7 Å². The standard InChI is InChI=1S/C12H19BrN2/c1-9-4-5-10(6-11(9)13)15-8-12(2,3)7-14/h4-6,15H,7-8,14H2,1-3H3. The maximum Gasteiger partial charge on any atom is 0.0351 e. The van der Waals surface area contributed by atoms with Gasteiger partial charge >= 0.3 is 0 Å². The summed E-state index contributed by atoms with van der Waals surface area (Å²) in [5.74, 6) is 0. The molecule has 0 amide bonds. The van der Waals surface area contributed by atoms with Gasteiger partial charge in [0.1, 0.15) is 0 Å². The predicted molar refractivity (Wildman–Crippen MR) is 70.2 cm³/mol. The van der Waals surface area contributed by atoms with Gasteiger partial charge in [-0.3, -0.25) is 0 Å². The molecular formula is C12H19BrN2. The summed E-state index contributed by atoms with van der Waals surface area (Å²) in [6.45, 7) is 7.97. The first-order valence-corrected chi connectivity index (χ1v) is 5.94. The molecule has 0 aromatic heterocycles. The SMILES string of the molecule is Cc1ccc(NCC(C)(C)CN)cc1Br. The van der Waals surface area contributed by atoms with Crippen molar-refractivity contribution >= 4 is 21.6 Å². The normalized spacial score (nSPS) is 11.5. The molecule has 3 N–H and O–H groups in total. The molecule has 0 aliphatic heterocycles. The first-order valence-electron chi connectivity index (χ1n) is 5.15. The molecule has 1 aromatic carbocycles. The van der Waals surface area contributed by atoms with E-state index in [1.165, 1.54) is 5.56 Å². The minimum Gasteiger partial charge on any atom is -0.384 e. The highest BCUT2D eigenvalue weighted by Gasteiger charge is 2.14. The van der Waals surface area contributed by atoms with Gasteiger partial charge in [0.15, 0.2) is 0 Å². The second-order valence-electron chi connectivity index (χ2n) is 4.69. The van der Waals surface area contributed by atoms with Gasteiger partial charge in [-0.15, -0.1) is 0 Å². The number of benzene rings is 1. The maximum atomic E-state index is 5.68. The molecule has 0 fully saturated rings. The van der Waals surface area contributed by atoms with E-state index in [2.05, 4.69) is 60.2 Å². The number of hydrogen-bond acceptors (Lipinski definition) is 2. The van der Waals surface area contributed by atoms with Gasteiger partial charge in [-0.25, -0.2) is 0 Å². The largest absolute Gasteiger partial charge is 0.384 e. The Labute approximate surface area is 100 Å². The zero-order valence-electron chi connectivity index (χ0n) is 9.60. The quantitative estimate of drug-likeness (QED) is 0.882. The van der Waals surface area contributed by atoms with Crippen LogP contribution in [-0.2, 0) is 0 Å². The summed E-state index contributed by atoms with van der Waals surface area (Å²) in [6, 6.07) is 6.29. The topological polar surface area (TPSA) is 38.0 Å². The number of nitrogens with two attached hydrogens (primary N) is 1. The molecule has 15 heavy (non-hydrogen) atoms. The monoisotopic (exact) mass is 270 g/mol. The number of nitrogens with one attached hydrogen (secondary N) is 1. The minimum absolute atomic E-state index is 0.136. The molecule has 0 spiro atoms. The van der Waals surface area contributed by atoms with Crippen LogP contribution >= 0.6 is 15.9 Å². The van der Waals surface area contributed by atoms with Crippen LogP contribution in [0.25, 0.3) is 0 Å². The molecule has 3 heteroatoms. The second kappa shape index (κ2) is 4.99. The van der Waals surface area contributed by atoms with E-state index in [-0.39, 0.29) is 5.41 Å². The number of hydrogen-bond donors (Lipinski definition) is 2. The second-order valence-corrected chi connectivity index (χ2v) is 5.54. The highest BCUT2D eigenvalue weighted by atomic mass is 79.9. The Morgan fingerprint density at radius 2 is 2.07 bits per heavy atom. The average Bonchev–Trinajstić information content (AvgIpc) is 2.20. The zero-order valence-corrected chi connectivity index (χ0v) is 11.2. The van der Waals surface area contributed by atoms with Crippen molar-refractivity contribution in [1.29, 1.82) is 0 Å². The molecule has 0 aliphatic rings. The molecule has 84 valence electrons. The van der Waals surface area contributed by atoms with Gasteiger partial charge in [0.05, 0.1) is 0 Å². The van der Waals surface area contributed by atoms with Crippen molar-refractivity contribution in [3.8, 4) is 0 Å². The summed E-state index contributed by atoms with van der Waals surface area (Å²) in [7, 11) is 0. The number of anilines is 1. The van der Waals surface area contributed by atoms with Gasteiger partial charge in [0, 0.05) is 16.7 Å². The fraction of sp³-hybridized carbons (Fsp3) is 0.500. The Morgan fingerprint density at radius 1 is 1.40 bits per heavy atom. The summed E-state index contributed by atoms with van der Waals surface area (Å²) in [5, 5.41) is 3.39. The van der Waals surface area contributed by atoms with E-state index in [9.17, 15) is 0 Å². The average molecular weight is 271 g/mol. The molecule has 2 nitrogen and oxygen atoms in total. The van der Waals surface area contributed by atoms with Crippen LogP contribution in [0.4, 0.5) is 5.69 Å². The van der Waals surface area contributed by atoms with Gasteiger partial charge in [-0.2, -0.15) is 0 Å². The molecule has 0 atom stereocenters. The van der Waals surface area contributed by atoms with Crippen molar-refractivity contribution in [2.75, 3.05) is 18.4 Å². The predicted octanol–water partition coefficient (Wildman–Crippen LogP) is 3.15. The molecule has 0 saturated heterocycles. The Balaban J connectivity index is 2.62. The van der Waals surface area contributed by atoms with Crippen LogP contribution in [0, 0.1) is 12.3 Å². The van der Waals surface area contributed by atoms with Crippen molar-refractivity contribution in [2.24, 2.45) is 11.1 Å². The molecule has 0 bridgehead atoms. The third-order valence-electron chi connectivity index (χ3n) is 2.50. The third-order valence-corrected chi connectivity index (χ3v) is 3.35. The van der Waals surface area contributed by atoms with Gasteiger partial charge < -0.3 is 11.1 Å². The first kappa shape index (κ1) is 12.5. The van der Waals surface area contributed by atoms with Crippen molar-refractivity contribution in [3.05, 3.63) is 28.2 Å². The first-order chi connectivity index (χ1) is 6.94. The molecule has 1 rings (SSSR count). The lowest BCUT2D eigenvalue weighted by atomic mass is 9.94. The van der Waals surface area contributed by atoms with Crippen LogP contribution < -0.4 is 11.1 Å². The Hall–Kier alpha value is -0.540. The molecule has 0 saturated carbocycles. The lowest BCUT2D eigenvalue weighted by Crippen LogP contribution is -2.31. The molecular weight excluding hydrogens is 252 g/mol. The molecule has 0 aliphatic carbocycles. The summed E-state index contributed by atoms with van der Waals surface area (Å²) in [5.41, 5.74) is 8.19. The Morgan fingerprint density at radius 3 is 2.60 bits per heavy atom. The minimum atomic E-state index is 0.136. The zero-order chi connectivity index (χ0) is 11.5. The number of halogens is 1. The van der Waals surface area contributed by atoms with E-state index in [1.807, 2.05) is 0 Å². The molecule has 1 aromatic rings. The lowest BCUT2D eigenvalue weighted by molar-refractivity contribution is 0.405. The van der Waals surface area contributed by atoms with E-state index >= 15 is 0 Å². The van der Waals surface area contributed by atoms with E-state index in [1.54, 1.807) is 0 Å². The van der Waals surface area contributed by atoms with Crippen LogP contribution in [0.5, 0.6) is 0 Å². The fourth-order valence-corrected chi connectivity index (χ4v) is 1.50. The van der Waals surface area contributed by atoms with E-state index in [0.29, 0.717) is 6.54 Å². The van der Waals surface area contributed by atoms with Crippen LogP contribution in [0.2, 0.25) is 0 Å². The number of aryl methyl sites for hydroxylation is 1. The van der Waals surface area contributed by atoms with E-state index in [4.69, 9.17) is 5.73 Å². The summed E-state index contributed by atoms with van der Waals surface area (Å²) in [4.78, 5) is 0. The van der Waals surface area contributed by atoms with Crippen LogP contribution in [0.1, 0.15) is 19.4 Å². The summed E-state index contributed by atoms with van der Waals surface area (Å²) < 4.78 is 1.14. The van der Waals surface area contributed by atoms with Crippen LogP contribution in [0.3, 0.4) is 0 Å². The summed E-state index contributed by atoms with van der Waals surface area (Å²) >= 11 is 3.52. The summed E-state index contributed by atoms with van der Waals surface area (Å²) in [6.07, 6.45) is 0. The van der Waals surface area contributed by atoms with Crippen molar-refractivity contribution in [3.63, 3.8) is 0 Å². The number of rotatable bonds is 4. The van der Waals surface area contributed by atoms with Crippen molar-refractivity contribution in [2.45, 2.75) is 20.8 Å². The van der Waals surface area contributed by atoms with Crippen molar-refractivity contribution in [1.82, 2.24) is 0 Å². The van der Waals surface area contributed by atoms with Crippen LogP contribution in [-0.4, -0.2) is 13.1 Å². The smallest absolute Gasteiger partial charge is 0.0351 e. The van der Waals surface area contributed by atoms with Crippen LogP contribution in [0.15, 0.2) is 22.7 Å². The highest BCUT2D eigenvalue weighted by molar-refractivity contribution is 9.10. The van der Waals surface area contributed by atoms with E-state index < -0.39 is 0 Å². The third kappa shape index (κ3) is 3.84. The Bertz CT molecular complexity index is 334. The molecule has 0 unspecified atom stereocenters. The Kier molecular flexibility index (Phi) is 4.17.